The number of anilines is 1. The van der Waals surface area contributed by atoms with Crippen LogP contribution in [0.4, 0.5) is 5.69 Å². The molecule has 2 aromatic rings. The maximum Gasteiger partial charge on any atom is 0.0868 e. The Morgan fingerprint density at radius 1 is 1.38 bits per heavy atom. The molecule has 1 aromatic heterocycles. The highest BCUT2D eigenvalue weighted by molar-refractivity contribution is 9.10. The first-order valence-electron chi connectivity index (χ1n) is 5.19. The molecule has 0 fully saturated rings. The molecular weight excluding hydrogens is 266 g/mol. The number of hydrogen-bond acceptors (Lipinski definition) is 3. The van der Waals surface area contributed by atoms with E-state index in [0.717, 1.165) is 26.8 Å². The highest BCUT2D eigenvalue weighted by atomic mass is 79.9. The minimum Gasteiger partial charge on any atom is -0.323 e. The van der Waals surface area contributed by atoms with Crippen molar-refractivity contribution in [2.24, 2.45) is 5.84 Å². The van der Waals surface area contributed by atoms with Crippen LogP contribution >= 0.6 is 15.9 Å². The number of nitrogens with two attached hydrogens (primary N) is 1. The first kappa shape index (κ1) is 11.4. The van der Waals surface area contributed by atoms with Crippen LogP contribution in [0.5, 0.6) is 0 Å². The highest BCUT2D eigenvalue weighted by Crippen LogP contribution is 2.30. The van der Waals surface area contributed by atoms with Crippen molar-refractivity contribution in [3.8, 4) is 0 Å². The molecule has 0 saturated carbocycles. The number of hydrogen-bond donors (Lipinski definition) is 2. The van der Waals surface area contributed by atoms with Crippen molar-refractivity contribution >= 4 is 32.5 Å². The van der Waals surface area contributed by atoms with Gasteiger partial charge in [0.2, 0.25) is 0 Å². The number of pyridine rings is 1. The predicted molar refractivity (Wildman–Crippen MR) is 71.3 cm³/mol. The van der Waals surface area contributed by atoms with Crippen LogP contribution in [0.1, 0.15) is 25.5 Å². The summed E-state index contributed by atoms with van der Waals surface area (Å²) in [5.41, 5.74) is 5.62. The van der Waals surface area contributed by atoms with Gasteiger partial charge in [0.25, 0.3) is 0 Å². The van der Waals surface area contributed by atoms with Gasteiger partial charge in [-0.1, -0.05) is 26.0 Å². The van der Waals surface area contributed by atoms with Gasteiger partial charge >= 0.3 is 0 Å². The third-order valence-corrected chi connectivity index (χ3v) is 3.20. The van der Waals surface area contributed by atoms with Crippen LogP contribution in [0.2, 0.25) is 0 Å². The second-order valence-electron chi connectivity index (χ2n) is 4.03. The fraction of sp³-hybridized carbons (Fsp3) is 0.250. The summed E-state index contributed by atoms with van der Waals surface area (Å²) in [5, 5.41) is 1.03. The Labute approximate surface area is 103 Å². The Balaban J connectivity index is 2.79. The van der Waals surface area contributed by atoms with E-state index in [-0.39, 0.29) is 0 Å². The first-order chi connectivity index (χ1) is 7.63. The van der Waals surface area contributed by atoms with Gasteiger partial charge in [-0.3, -0.25) is 10.8 Å². The number of nitrogens with one attached hydrogen (secondary N) is 1. The van der Waals surface area contributed by atoms with Crippen molar-refractivity contribution < 1.29 is 0 Å². The molecule has 0 spiro atoms. The lowest BCUT2D eigenvalue weighted by atomic mass is 10.1. The third kappa shape index (κ3) is 1.90. The molecule has 0 atom stereocenters. The summed E-state index contributed by atoms with van der Waals surface area (Å²) in [6, 6.07) is 7.97. The predicted octanol–water partition coefficient (Wildman–Crippen LogP) is 3.41. The summed E-state index contributed by atoms with van der Waals surface area (Å²) in [5.74, 6) is 5.92. The molecule has 2 rings (SSSR count). The van der Waals surface area contributed by atoms with Gasteiger partial charge in [0.15, 0.2) is 0 Å². The van der Waals surface area contributed by atoms with Gasteiger partial charge in [0.05, 0.1) is 11.2 Å². The van der Waals surface area contributed by atoms with E-state index in [1.807, 2.05) is 24.3 Å². The van der Waals surface area contributed by atoms with Crippen LogP contribution in [0, 0.1) is 0 Å². The van der Waals surface area contributed by atoms with Gasteiger partial charge in [-0.2, -0.15) is 0 Å². The smallest absolute Gasteiger partial charge is 0.0868 e. The van der Waals surface area contributed by atoms with Crippen molar-refractivity contribution in [1.29, 1.82) is 0 Å². The monoisotopic (exact) mass is 279 g/mol. The van der Waals surface area contributed by atoms with E-state index in [1.165, 1.54) is 0 Å². The number of benzene rings is 1. The molecule has 1 heterocycles. The molecule has 0 aliphatic rings. The van der Waals surface area contributed by atoms with Gasteiger partial charge in [-0.25, -0.2) is 0 Å². The van der Waals surface area contributed by atoms with E-state index in [9.17, 15) is 0 Å². The van der Waals surface area contributed by atoms with Crippen molar-refractivity contribution in [1.82, 2.24) is 4.98 Å². The van der Waals surface area contributed by atoms with Crippen molar-refractivity contribution in [3.63, 3.8) is 0 Å². The fourth-order valence-corrected chi connectivity index (χ4v) is 2.10. The van der Waals surface area contributed by atoms with E-state index in [4.69, 9.17) is 5.84 Å². The normalized spacial score (nSPS) is 11.1. The minimum atomic E-state index is 0.378. The summed E-state index contributed by atoms with van der Waals surface area (Å²) >= 11 is 3.51. The highest BCUT2D eigenvalue weighted by Gasteiger charge is 2.09. The van der Waals surface area contributed by atoms with Crippen LogP contribution in [0.25, 0.3) is 10.9 Å². The largest absolute Gasteiger partial charge is 0.323 e. The van der Waals surface area contributed by atoms with Crippen molar-refractivity contribution in [2.75, 3.05) is 5.43 Å². The Morgan fingerprint density at radius 3 is 2.75 bits per heavy atom. The van der Waals surface area contributed by atoms with E-state index in [1.54, 1.807) is 0 Å². The number of nitrogen functional groups attached to an aromatic ring is 1. The molecule has 3 N–H and O–H groups in total. The quantitative estimate of drug-likeness (QED) is 0.654. The minimum absolute atomic E-state index is 0.378. The molecule has 0 saturated heterocycles. The number of rotatable bonds is 2. The zero-order valence-electron chi connectivity index (χ0n) is 9.29. The number of para-hydroxylation sites is 1. The first-order valence-corrected chi connectivity index (χ1v) is 5.98. The van der Waals surface area contributed by atoms with Crippen LogP contribution in [0.15, 0.2) is 28.7 Å². The molecule has 3 nitrogen and oxygen atoms in total. The van der Waals surface area contributed by atoms with Gasteiger partial charge in [0, 0.05) is 15.6 Å². The molecule has 0 amide bonds. The summed E-state index contributed by atoms with van der Waals surface area (Å²) in [7, 11) is 0. The van der Waals surface area contributed by atoms with Crippen LogP contribution in [-0.2, 0) is 0 Å². The Kier molecular flexibility index (Phi) is 3.12. The molecule has 0 unspecified atom stereocenters. The standard InChI is InChI=1S/C12H14BrN3/c1-7(2)10-6-11(16-14)8-4-3-5-9(13)12(8)15-10/h3-7H,14H2,1-2H3,(H,15,16). The molecule has 0 radical (unpaired) electrons. The molecule has 84 valence electrons. The lowest BCUT2D eigenvalue weighted by Crippen LogP contribution is -2.09. The zero-order chi connectivity index (χ0) is 11.7. The van der Waals surface area contributed by atoms with Gasteiger partial charge in [-0.05, 0) is 34.0 Å². The Hall–Kier alpha value is -1.13. The zero-order valence-corrected chi connectivity index (χ0v) is 10.9. The van der Waals surface area contributed by atoms with E-state index in [2.05, 4.69) is 40.2 Å². The number of halogens is 1. The second kappa shape index (κ2) is 4.39. The topological polar surface area (TPSA) is 50.9 Å². The van der Waals surface area contributed by atoms with E-state index >= 15 is 0 Å². The maximum atomic E-state index is 5.54. The van der Waals surface area contributed by atoms with E-state index in [0.29, 0.717) is 5.92 Å². The summed E-state index contributed by atoms with van der Waals surface area (Å²) in [4.78, 5) is 4.64. The molecule has 1 aromatic carbocycles. The van der Waals surface area contributed by atoms with Gasteiger partial charge in [0.1, 0.15) is 0 Å². The summed E-state index contributed by atoms with van der Waals surface area (Å²) in [6.45, 7) is 4.23. The number of hydrazine groups is 1. The van der Waals surface area contributed by atoms with Gasteiger partial charge < -0.3 is 5.43 Å². The summed E-state index contributed by atoms with van der Waals surface area (Å²) < 4.78 is 0.990. The van der Waals surface area contributed by atoms with E-state index < -0.39 is 0 Å². The molecule has 4 heteroatoms. The summed E-state index contributed by atoms with van der Waals surface area (Å²) in [6.07, 6.45) is 0. The van der Waals surface area contributed by atoms with Crippen LogP contribution < -0.4 is 11.3 Å². The molecule has 0 aliphatic heterocycles. The third-order valence-electron chi connectivity index (χ3n) is 2.56. The Morgan fingerprint density at radius 2 is 2.12 bits per heavy atom. The average Bonchev–Trinajstić information content (AvgIpc) is 2.28. The lowest BCUT2D eigenvalue weighted by molar-refractivity contribution is 0.830. The van der Waals surface area contributed by atoms with Gasteiger partial charge in [-0.15, -0.1) is 0 Å². The van der Waals surface area contributed by atoms with Crippen molar-refractivity contribution in [2.45, 2.75) is 19.8 Å². The molecule has 0 aliphatic carbocycles. The lowest BCUT2D eigenvalue weighted by Gasteiger charge is -2.11. The number of aromatic nitrogens is 1. The SMILES string of the molecule is CC(C)c1cc(NN)c2cccc(Br)c2n1. The maximum absolute atomic E-state index is 5.54. The van der Waals surface area contributed by atoms with Crippen LogP contribution in [-0.4, -0.2) is 4.98 Å². The average molecular weight is 280 g/mol. The Bertz CT molecular complexity index is 523. The number of nitrogens with zero attached hydrogens (tertiary/aromatic N) is 1. The van der Waals surface area contributed by atoms with Crippen LogP contribution in [0.3, 0.4) is 0 Å². The van der Waals surface area contributed by atoms with Crippen molar-refractivity contribution in [3.05, 3.63) is 34.4 Å². The fourth-order valence-electron chi connectivity index (χ4n) is 1.65. The number of fused-ring (bicyclic) bond motifs is 1. The molecule has 16 heavy (non-hydrogen) atoms. The molecule has 0 bridgehead atoms. The second-order valence-corrected chi connectivity index (χ2v) is 4.88. The molecular formula is C12H14BrN3.